The maximum atomic E-state index is 14.6. The van der Waals surface area contributed by atoms with E-state index in [0.717, 1.165) is 31.9 Å². The number of terminal acetylenes is 1. The Kier molecular flexibility index (Phi) is 12.4. The van der Waals surface area contributed by atoms with Gasteiger partial charge in [-0.2, -0.15) is 0 Å². The first-order chi connectivity index (χ1) is 22.6. The fourth-order valence-electron chi connectivity index (χ4n) is 7.14. The number of hydrogen-bond donors (Lipinski definition) is 4. The van der Waals surface area contributed by atoms with E-state index in [1.807, 2.05) is 41.5 Å². The monoisotopic (exact) mass is 704 g/mol. The fourth-order valence-corrected chi connectivity index (χ4v) is 7.56. The molecular weight excluding hydrogens is 648 g/mol. The Morgan fingerprint density at radius 2 is 1.67 bits per heavy atom. The van der Waals surface area contributed by atoms with Crippen LogP contribution < -0.4 is 21.3 Å². The summed E-state index contributed by atoms with van der Waals surface area (Å²) >= 11 is 0. The first kappa shape index (κ1) is 40.0. The highest BCUT2D eigenvalue weighted by molar-refractivity contribution is 7.88. The molecule has 1 aliphatic heterocycles. The molecule has 1 heterocycles. The van der Waals surface area contributed by atoms with Crippen LogP contribution in [0.3, 0.4) is 0 Å². The second-order valence-electron chi connectivity index (χ2n) is 16.2. The minimum atomic E-state index is -3.51. The van der Waals surface area contributed by atoms with Crippen LogP contribution in [0.5, 0.6) is 0 Å². The number of nitrogens with zero attached hydrogens (tertiary/aromatic N) is 2. The number of urea groups is 1. The van der Waals surface area contributed by atoms with Crippen molar-refractivity contribution in [3.63, 3.8) is 0 Å². The molecule has 13 nitrogen and oxygen atoms in total. The number of likely N-dealkylation sites (N-methyl/N-ethyl adjacent to an activating group) is 1. The van der Waals surface area contributed by atoms with E-state index in [1.165, 1.54) is 17.4 Å². The van der Waals surface area contributed by atoms with Gasteiger partial charge in [0.15, 0.2) is 0 Å². The Labute approximate surface area is 292 Å². The van der Waals surface area contributed by atoms with Gasteiger partial charge >= 0.3 is 6.03 Å². The molecule has 2 saturated carbocycles. The molecule has 5 amide bonds. The van der Waals surface area contributed by atoms with Crippen molar-refractivity contribution >= 4 is 39.6 Å². The van der Waals surface area contributed by atoms with Crippen LogP contribution in [0.2, 0.25) is 0 Å². The molecule has 0 radical (unpaired) electrons. The number of rotatable bonds is 14. The number of hydrogen-bond acceptors (Lipinski definition) is 7. The Morgan fingerprint density at radius 3 is 2.18 bits per heavy atom. The average Bonchev–Trinajstić information content (AvgIpc) is 3.56. The number of fused-ring (bicyclic) bond motifs is 2. The van der Waals surface area contributed by atoms with Gasteiger partial charge in [0.05, 0.1) is 12.3 Å². The van der Waals surface area contributed by atoms with Crippen molar-refractivity contribution in [2.45, 2.75) is 104 Å². The summed E-state index contributed by atoms with van der Waals surface area (Å²) in [4.78, 5) is 69.5. The lowest BCUT2D eigenvalue weighted by molar-refractivity contribution is -0.144. The van der Waals surface area contributed by atoms with E-state index in [-0.39, 0.29) is 43.2 Å². The zero-order valence-electron chi connectivity index (χ0n) is 30.4. The summed E-state index contributed by atoms with van der Waals surface area (Å²) in [5.41, 5.74) is -1.23. The quantitative estimate of drug-likeness (QED) is 0.121. The van der Waals surface area contributed by atoms with E-state index in [2.05, 4.69) is 33.8 Å². The van der Waals surface area contributed by atoms with Crippen molar-refractivity contribution in [1.82, 2.24) is 30.5 Å². The first-order valence-corrected chi connectivity index (χ1v) is 18.9. The van der Waals surface area contributed by atoms with Crippen LogP contribution in [0, 0.1) is 40.4 Å². The third kappa shape index (κ3) is 9.63. The van der Waals surface area contributed by atoms with Gasteiger partial charge in [-0.3, -0.25) is 19.2 Å². The van der Waals surface area contributed by atoms with Crippen molar-refractivity contribution in [3.8, 4) is 12.3 Å². The van der Waals surface area contributed by atoms with Gasteiger partial charge < -0.3 is 26.2 Å². The van der Waals surface area contributed by atoms with Crippen LogP contribution in [0.25, 0.3) is 0 Å². The van der Waals surface area contributed by atoms with Crippen LogP contribution in [-0.2, 0) is 29.2 Å². The minimum absolute atomic E-state index is 0.0227. The highest BCUT2D eigenvalue weighted by Gasteiger charge is 2.64. The third-order valence-electron chi connectivity index (χ3n) is 10.4. The largest absolute Gasteiger partial charge is 0.346 e. The molecule has 3 aliphatic rings. The summed E-state index contributed by atoms with van der Waals surface area (Å²) in [5.74, 6) is -0.244. The molecule has 1 unspecified atom stereocenters. The molecule has 1 saturated heterocycles. The van der Waals surface area contributed by atoms with Crippen molar-refractivity contribution in [2.75, 3.05) is 32.9 Å². The van der Waals surface area contributed by atoms with Gasteiger partial charge in [0.2, 0.25) is 27.6 Å². The Morgan fingerprint density at radius 1 is 1.04 bits per heavy atom. The van der Waals surface area contributed by atoms with Crippen LogP contribution in [0.1, 0.15) is 80.1 Å². The van der Waals surface area contributed by atoms with Crippen molar-refractivity contribution in [3.05, 3.63) is 12.7 Å². The number of nitrogens with one attached hydrogen (secondary N) is 4. The van der Waals surface area contributed by atoms with Gasteiger partial charge in [-0.25, -0.2) is 17.5 Å². The molecule has 0 bridgehead atoms. The van der Waals surface area contributed by atoms with Crippen molar-refractivity contribution in [1.29, 1.82) is 0 Å². The number of sulfonamides is 1. The fraction of sp³-hybridized carbons (Fsp3) is 0.743. The number of Topliss-reactive ketones (excluding diaryl/α,β-unsaturated/α-hetero) is 1. The van der Waals surface area contributed by atoms with Gasteiger partial charge in [-0.1, -0.05) is 47.6 Å². The molecule has 49 heavy (non-hydrogen) atoms. The second kappa shape index (κ2) is 15.2. The lowest BCUT2D eigenvalue weighted by atomic mass is 9.85. The Bertz CT molecular complexity index is 1450. The molecule has 274 valence electrons. The summed E-state index contributed by atoms with van der Waals surface area (Å²) in [5, 5.41) is 11.0. The van der Waals surface area contributed by atoms with E-state index in [0.29, 0.717) is 6.54 Å². The number of ketones is 1. The maximum Gasteiger partial charge on any atom is 0.315 e. The normalized spacial score (nSPS) is 23.1. The summed E-state index contributed by atoms with van der Waals surface area (Å²) < 4.78 is 25.4. The van der Waals surface area contributed by atoms with E-state index >= 15 is 0 Å². The second-order valence-corrected chi connectivity index (χ2v) is 18.2. The summed E-state index contributed by atoms with van der Waals surface area (Å²) in [6.45, 7) is 15.1. The van der Waals surface area contributed by atoms with Gasteiger partial charge in [0.25, 0.3) is 5.91 Å². The minimum Gasteiger partial charge on any atom is -0.346 e. The zero-order chi connectivity index (χ0) is 37.1. The van der Waals surface area contributed by atoms with Crippen LogP contribution in [0.4, 0.5) is 4.79 Å². The van der Waals surface area contributed by atoms with Crippen LogP contribution in [-0.4, -0.2) is 104 Å². The molecule has 0 aromatic rings. The first-order valence-electron chi connectivity index (χ1n) is 17.0. The van der Waals surface area contributed by atoms with Crippen LogP contribution >= 0.6 is 0 Å². The van der Waals surface area contributed by atoms with Gasteiger partial charge in [-0.05, 0) is 60.2 Å². The van der Waals surface area contributed by atoms with E-state index in [4.69, 9.17) is 6.42 Å². The molecule has 3 rings (SSSR count). The molecule has 4 N–H and O–H groups in total. The number of likely N-dealkylation sites (tertiary alicyclic amines) is 1. The van der Waals surface area contributed by atoms with E-state index in [9.17, 15) is 32.4 Å². The average molecular weight is 705 g/mol. The molecule has 0 aromatic heterocycles. The van der Waals surface area contributed by atoms with Crippen molar-refractivity contribution in [2.24, 2.45) is 28.1 Å². The molecule has 3 fully saturated rings. The summed E-state index contributed by atoms with van der Waals surface area (Å²) in [6, 6.07) is -4.37. The third-order valence-corrected chi connectivity index (χ3v) is 11.7. The summed E-state index contributed by atoms with van der Waals surface area (Å²) in [6.07, 6.45) is 11.9. The highest BCUT2D eigenvalue weighted by atomic mass is 32.2. The molecule has 0 aromatic carbocycles. The Hall–Kier alpha value is -3.44. The molecule has 6 atom stereocenters. The molecule has 2 aliphatic carbocycles. The number of carbonyl (C=O) groups is 5. The smallest absolute Gasteiger partial charge is 0.315 e. The van der Waals surface area contributed by atoms with Crippen molar-refractivity contribution < 1.29 is 32.4 Å². The van der Waals surface area contributed by atoms with E-state index < -0.39 is 74.6 Å². The van der Waals surface area contributed by atoms with Crippen LogP contribution in [0.15, 0.2) is 12.7 Å². The van der Waals surface area contributed by atoms with E-state index in [1.54, 1.807) is 4.90 Å². The molecule has 1 spiro atoms. The lowest BCUT2D eigenvalue weighted by Gasteiger charge is -2.38. The number of carbonyl (C=O) groups excluding carboxylic acids is 5. The zero-order valence-corrected chi connectivity index (χ0v) is 31.2. The topological polar surface area (TPSA) is 174 Å². The highest BCUT2D eigenvalue weighted by Crippen LogP contribution is 2.66. The molecular formula is C35H56N6O7S. The van der Waals surface area contributed by atoms with Gasteiger partial charge in [0.1, 0.15) is 12.1 Å². The predicted molar refractivity (Wildman–Crippen MR) is 187 cm³/mol. The molecule has 14 heteroatoms. The van der Waals surface area contributed by atoms with Gasteiger partial charge in [0, 0.05) is 39.1 Å². The van der Waals surface area contributed by atoms with Gasteiger partial charge in [-0.15, -0.1) is 18.9 Å². The SMILES string of the molecule is C#CCCC(NC(=O)[C@@H]1[C@H]2CCC3(CC3)[C@H]2CN1C(=O)[C@@H](NC(=O)N[C@H](CN(C)S(C)(=O)=O)C(C)(C)C)C(C)(C)C)C(=O)C(=O)NCC=C. The standard InChI is InChI=1S/C35H56N6O7S/c1-11-13-14-24(27(42)30(44)36-19-12-2)37-29(43)26-22-15-16-35(17-18-35)23(22)20-41(26)31(45)28(34(6,7)8)39-32(46)38-25(33(3,4)5)21-40(9)49(10,47)48/h1,12,22-26,28H,2,13-21H2,3-10H3,(H,36,44)(H,37,43)(H2,38,39,46)/t22-,23-,24?,25+,26-,28+/m0/s1. The Balaban J connectivity index is 1.90. The lowest BCUT2D eigenvalue weighted by Crippen LogP contribution is -2.62. The summed E-state index contributed by atoms with van der Waals surface area (Å²) in [7, 11) is -2.07. The maximum absolute atomic E-state index is 14.6. The predicted octanol–water partition coefficient (Wildman–Crippen LogP) is 1.79. The number of amides is 5.